The number of nitrogens with one attached hydrogen (secondary N) is 1. The molecule has 18 heavy (non-hydrogen) atoms. The van der Waals surface area contributed by atoms with Crippen molar-refractivity contribution in [1.82, 2.24) is 4.98 Å². The minimum absolute atomic E-state index is 0.165. The molecule has 0 unspecified atom stereocenters. The number of carbonyl (C=O) groups is 1. The van der Waals surface area contributed by atoms with Crippen LogP contribution >= 0.6 is 15.9 Å². The summed E-state index contributed by atoms with van der Waals surface area (Å²) in [5.74, 6) is 0.0744. The minimum Gasteiger partial charge on any atom is -0.481 e. The lowest BCUT2D eigenvalue weighted by molar-refractivity contribution is -0.142. The number of aliphatic carboxylic acids is 1. The second kappa shape index (κ2) is 5.69. The zero-order valence-electron chi connectivity index (χ0n) is 10.3. The van der Waals surface area contributed by atoms with Gasteiger partial charge in [-0.05, 0) is 60.2 Å². The third-order valence-corrected chi connectivity index (χ3v) is 3.90. The summed E-state index contributed by atoms with van der Waals surface area (Å²) >= 11 is 3.39. The molecule has 1 aliphatic carbocycles. The third-order valence-electron chi connectivity index (χ3n) is 3.46. The Morgan fingerprint density at radius 1 is 1.44 bits per heavy atom. The predicted molar refractivity (Wildman–Crippen MR) is 73.7 cm³/mol. The van der Waals surface area contributed by atoms with Gasteiger partial charge >= 0.3 is 5.97 Å². The van der Waals surface area contributed by atoms with Gasteiger partial charge in [0.1, 0.15) is 5.82 Å². The average molecular weight is 313 g/mol. The Bertz CT molecular complexity index is 443. The monoisotopic (exact) mass is 312 g/mol. The number of aryl methyl sites for hydroxylation is 1. The molecule has 5 heteroatoms. The molecule has 2 rings (SSSR count). The molecule has 1 aliphatic rings. The summed E-state index contributed by atoms with van der Waals surface area (Å²) in [5, 5.41) is 12.4. The Morgan fingerprint density at radius 2 is 2.11 bits per heavy atom. The number of pyridine rings is 1. The van der Waals surface area contributed by atoms with Crippen LogP contribution in [0.5, 0.6) is 0 Å². The van der Waals surface area contributed by atoms with Crippen molar-refractivity contribution in [3.8, 4) is 0 Å². The van der Waals surface area contributed by atoms with E-state index in [0.29, 0.717) is 6.04 Å². The Balaban J connectivity index is 1.93. The minimum atomic E-state index is -0.661. The van der Waals surface area contributed by atoms with E-state index in [1.807, 2.05) is 13.0 Å². The van der Waals surface area contributed by atoms with E-state index in [-0.39, 0.29) is 5.92 Å². The second-order valence-corrected chi connectivity index (χ2v) is 5.77. The van der Waals surface area contributed by atoms with Gasteiger partial charge in [-0.3, -0.25) is 4.79 Å². The lowest BCUT2D eigenvalue weighted by Crippen LogP contribution is -2.29. The van der Waals surface area contributed by atoms with Crippen molar-refractivity contribution >= 4 is 27.7 Å². The number of carboxylic acids is 1. The molecule has 98 valence electrons. The van der Waals surface area contributed by atoms with Crippen LogP contribution in [0, 0.1) is 12.8 Å². The van der Waals surface area contributed by atoms with E-state index >= 15 is 0 Å². The van der Waals surface area contributed by atoms with E-state index in [1.54, 1.807) is 6.20 Å². The van der Waals surface area contributed by atoms with Gasteiger partial charge < -0.3 is 10.4 Å². The lowest BCUT2D eigenvalue weighted by Gasteiger charge is -2.27. The highest BCUT2D eigenvalue weighted by atomic mass is 79.9. The highest BCUT2D eigenvalue weighted by molar-refractivity contribution is 9.10. The quantitative estimate of drug-likeness (QED) is 0.899. The van der Waals surface area contributed by atoms with Gasteiger partial charge in [-0.15, -0.1) is 0 Å². The summed E-state index contributed by atoms with van der Waals surface area (Å²) in [4.78, 5) is 15.2. The molecule has 0 aromatic carbocycles. The van der Waals surface area contributed by atoms with Crippen molar-refractivity contribution in [2.75, 3.05) is 5.32 Å². The van der Waals surface area contributed by atoms with Crippen LogP contribution in [0.4, 0.5) is 5.82 Å². The van der Waals surface area contributed by atoms with Crippen LogP contribution in [-0.4, -0.2) is 22.1 Å². The summed E-state index contributed by atoms with van der Waals surface area (Å²) in [6.45, 7) is 2.02. The molecule has 1 heterocycles. The van der Waals surface area contributed by atoms with Gasteiger partial charge in [-0.1, -0.05) is 0 Å². The van der Waals surface area contributed by atoms with E-state index in [9.17, 15) is 4.79 Å². The van der Waals surface area contributed by atoms with Crippen molar-refractivity contribution in [3.05, 3.63) is 22.3 Å². The molecule has 1 fully saturated rings. The van der Waals surface area contributed by atoms with Crippen LogP contribution in [0.15, 0.2) is 16.7 Å². The number of carboxylic acid groups (broad SMARTS) is 1. The highest BCUT2D eigenvalue weighted by Crippen LogP contribution is 2.27. The first-order valence-corrected chi connectivity index (χ1v) is 6.97. The topological polar surface area (TPSA) is 62.2 Å². The van der Waals surface area contributed by atoms with Crippen LogP contribution < -0.4 is 5.32 Å². The Kier molecular flexibility index (Phi) is 4.22. The molecule has 0 spiro atoms. The summed E-state index contributed by atoms with van der Waals surface area (Å²) in [5.41, 5.74) is 1.10. The molecule has 0 atom stereocenters. The Labute approximate surface area is 115 Å². The van der Waals surface area contributed by atoms with Crippen molar-refractivity contribution in [1.29, 1.82) is 0 Å². The van der Waals surface area contributed by atoms with E-state index in [2.05, 4.69) is 26.2 Å². The number of aromatic nitrogens is 1. The number of nitrogens with zero attached hydrogens (tertiary/aromatic N) is 1. The summed E-state index contributed by atoms with van der Waals surface area (Å²) in [7, 11) is 0. The van der Waals surface area contributed by atoms with Crippen molar-refractivity contribution in [3.63, 3.8) is 0 Å². The van der Waals surface area contributed by atoms with Crippen molar-refractivity contribution < 1.29 is 9.90 Å². The van der Waals surface area contributed by atoms with Crippen LogP contribution in [0.1, 0.15) is 31.2 Å². The first-order chi connectivity index (χ1) is 8.56. The van der Waals surface area contributed by atoms with Gasteiger partial charge in [0.15, 0.2) is 0 Å². The molecule has 2 N–H and O–H groups in total. The molecule has 1 saturated carbocycles. The first-order valence-electron chi connectivity index (χ1n) is 6.17. The lowest BCUT2D eigenvalue weighted by atomic mass is 9.86. The molecule has 0 saturated heterocycles. The van der Waals surface area contributed by atoms with Crippen LogP contribution in [0.2, 0.25) is 0 Å². The SMILES string of the molecule is Cc1cc(Br)cnc1NC1CCC(C(=O)O)CC1. The molecular weight excluding hydrogens is 296 g/mol. The molecule has 0 bridgehead atoms. The fourth-order valence-electron chi connectivity index (χ4n) is 2.37. The van der Waals surface area contributed by atoms with Crippen molar-refractivity contribution in [2.24, 2.45) is 5.92 Å². The zero-order chi connectivity index (χ0) is 13.1. The molecule has 1 aromatic rings. The molecule has 0 aliphatic heterocycles. The maximum atomic E-state index is 10.9. The van der Waals surface area contributed by atoms with Gasteiger partial charge in [0.05, 0.1) is 5.92 Å². The standard InChI is InChI=1S/C13H17BrN2O2/c1-8-6-10(14)7-15-12(8)16-11-4-2-9(3-5-11)13(17)18/h6-7,9,11H,2-5H2,1H3,(H,15,16)(H,17,18). The molecular formula is C13H17BrN2O2. The number of anilines is 1. The van der Waals surface area contributed by atoms with Crippen LogP contribution in [-0.2, 0) is 4.79 Å². The average Bonchev–Trinajstić information content (AvgIpc) is 2.33. The van der Waals surface area contributed by atoms with E-state index in [0.717, 1.165) is 41.5 Å². The highest BCUT2D eigenvalue weighted by Gasteiger charge is 2.26. The van der Waals surface area contributed by atoms with Gasteiger partial charge in [-0.25, -0.2) is 4.98 Å². The predicted octanol–water partition coefficient (Wildman–Crippen LogP) is 3.21. The maximum Gasteiger partial charge on any atom is 0.306 e. The number of rotatable bonds is 3. The van der Waals surface area contributed by atoms with Crippen LogP contribution in [0.25, 0.3) is 0 Å². The smallest absolute Gasteiger partial charge is 0.306 e. The zero-order valence-corrected chi connectivity index (χ0v) is 11.9. The second-order valence-electron chi connectivity index (χ2n) is 4.85. The largest absolute Gasteiger partial charge is 0.481 e. The van der Waals surface area contributed by atoms with E-state index < -0.39 is 5.97 Å². The molecule has 0 radical (unpaired) electrons. The maximum absolute atomic E-state index is 10.9. The molecule has 0 amide bonds. The van der Waals surface area contributed by atoms with Crippen LogP contribution in [0.3, 0.4) is 0 Å². The van der Waals surface area contributed by atoms with Gasteiger partial charge in [0, 0.05) is 16.7 Å². The third kappa shape index (κ3) is 3.22. The molecule has 1 aromatic heterocycles. The summed E-state index contributed by atoms with van der Waals surface area (Å²) < 4.78 is 0.972. The van der Waals surface area contributed by atoms with Gasteiger partial charge in [-0.2, -0.15) is 0 Å². The number of hydrogen-bond donors (Lipinski definition) is 2. The molecule has 4 nitrogen and oxygen atoms in total. The summed E-state index contributed by atoms with van der Waals surface area (Å²) in [6.07, 6.45) is 5.08. The fourth-order valence-corrected chi connectivity index (χ4v) is 2.82. The number of hydrogen-bond acceptors (Lipinski definition) is 3. The van der Waals surface area contributed by atoms with E-state index in [1.165, 1.54) is 0 Å². The summed E-state index contributed by atoms with van der Waals surface area (Å²) in [6, 6.07) is 2.37. The number of halogens is 1. The Hall–Kier alpha value is -1.10. The first kappa shape index (κ1) is 13.3. The van der Waals surface area contributed by atoms with Gasteiger partial charge in [0.25, 0.3) is 0 Å². The Morgan fingerprint density at radius 3 is 2.67 bits per heavy atom. The normalized spacial score (nSPS) is 23.7. The fraction of sp³-hybridized carbons (Fsp3) is 0.538. The van der Waals surface area contributed by atoms with Gasteiger partial charge in [0.2, 0.25) is 0 Å². The van der Waals surface area contributed by atoms with Crippen molar-refractivity contribution in [2.45, 2.75) is 38.6 Å². The van der Waals surface area contributed by atoms with E-state index in [4.69, 9.17) is 5.11 Å².